The molecule has 0 bridgehead atoms. The van der Waals surface area contributed by atoms with Crippen molar-refractivity contribution in [2.75, 3.05) is 0 Å². The van der Waals surface area contributed by atoms with E-state index in [-0.39, 0.29) is 6.10 Å². The average molecular weight is 287 g/mol. The Balaban J connectivity index is 1.55. The first kappa shape index (κ1) is 13.8. The molecule has 0 aliphatic heterocycles. The molecule has 0 unspecified atom stereocenters. The van der Waals surface area contributed by atoms with Crippen molar-refractivity contribution in [3.05, 3.63) is 46.7 Å². The first-order valence-corrected chi connectivity index (χ1v) is 8.23. The summed E-state index contributed by atoms with van der Waals surface area (Å²) in [6.45, 7) is 0.943. The largest absolute Gasteiger partial charge is 0.393 e. The first-order chi connectivity index (χ1) is 9.81. The molecule has 2 nitrogen and oxygen atoms in total. The van der Waals surface area contributed by atoms with E-state index in [9.17, 15) is 5.11 Å². The van der Waals surface area contributed by atoms with Crippen molar-refractivity contribution in [1.29, 1.82) is 0 Å². The second-order valence-electron chi connectivity index (χ2n) is 5.55. The summed E-state index contributed by atoms with van der Waals surface area (Å²) in [5.74, 6) is 0. The molecule has 0 spiro atoms. The minimum Gasteiger partial charge on any atom is -0.393 e. The predicted molar refractivity (Wildman–Crippen MR) is 84.9 cm³/mol. The van der Waals surface area contributed by atoms with E-state index in [1.165, 1.54) is 16.0 Å². The summed E-state index contributed by atoms with van der Waals surface area (Å²) >= 11 is 1.82. The average Bonchev–Trinajstić information content (AvgIpc) is 2.97. The van der Waals surface area contributed by atoms with Crippen LogP contribution in [0.2, 0.25) is 0 Å². The number of aliphatic hydroxyl groups excluding tert-OH is 1. The number of thiophene rings is 1. The van der Waals surface area contributed by atoms with Crippen LogP contribution in [0.1, 0.15) is 30.6 Å². The van der Waals surface area contributed by atoms with Gasteiger partial charge in [-0.25, -0.2) is 0 Å². The zero-order valence-corrected chi connectivity index (χ0v) is 12.4. The Labute approximate surface area is 124 Å². The molecule has 3 rings (SSSR count). The summed E-state index contributed by atoms with van der Waals surface area (Å²) in [6.07, 6.45) is 4.00. The van der Waals surface area contributed by atoms with E-state index < -0.39 is 0 Å². The maximum Gasteiger partial charge on any atom is 0.0541 e. The molecular weight excluding hydrogens is 266 g/mol. The van der Waals surface area contributed by atoms with Gasteiger partial charge in [-0.3, -0.25) is 0 Å². The Hall–Kier alpha value is -1.16. The molecule has 1 aliphatic carbocycles. The van der Waals surface area contributed by atoms with E-state index in [0.29, 0.717) is 6.04 Å². The highest BCUT2D eigenvalue weighted by Gasteiger charge is 2.18. The Morgan fingerprint density at radius 1 is 1.05 bits per heavy atom. The van der Waals surface area contributed by atoms with Gasteiger partial charge in [-0.2, -0.15) is 0 Å². The van der Waals surface area contributed by atoms with Crippen LogP contribution < -0.4 is 5.32 Å². The van der Waals surface area contributed by atoms with Gasteiger partial charge in [-0.15, -0.1) is 11.3 Å². The molecule has 20 heavy (non-hydrogen) atoms. The third-order valence-electron chi connectivity index (χ3n) is 4.02. The standard InChI is InChI=1S/C17H21NOS/c19-16-8-6-15(7-9-16)18-11-17-10-14(12-20-17)13-4-2-1-3-5-13/h1-5,10,12,15-16,18-19H,6-9,11H2. The summed E-state index contributed by atoms with van der Waals surface area (Å²) in [7, 11) is 0. The van der Waals surface area contributed by atoms with E-state index in [4.69, 9.17) is 0 Å². The number of benzene rings is 1. The van der Waals surface area contributed by atoms with Crippen LogP contribution in [-0.2, 0) is 6.54 Å². The van der Waals surface area contributed by atoms with E-state index in [0.717, 1.165) is 32.2 Å². The second-order valence-corrected chi connectivity index (χ2v) is 6.55. The number of aliphatic hydroxyl groups is 1. The van der Waals surface area contributed by atoms with Gasteiger partial charge in [0, 0.05) is 17.5 Å². The quantitative estimate of drug-likeness (QED) is 0.896. The molecule has 1 fully saturated rings. The fourth-order valence-corrected chi connectivity index (χ4v) is 3.62. The molecule has 0 saturated heterocycles. The van der Waals surface area contributed by atoms with E-state index >= 15 is 0 Å². The number of hydrogen-bond acceptors (Lipinski definition) is 3. The molecule has 2 N–H and O–H groups in total. The van der Waals surface area contributed by atoms with Gasteiger partial charge in [0.2, 0.25) is 0 Å². The van der Waals surface area contributed by atoms with Crippen LogP contribution in [-0.4, -0.2) is 17.3 Å². The van der Waals surface area contributed by atoms with E-state index in [1.54, 1.807) is 0 Å². The van der Waals surface area contributed by atoms with Gasteiger partial charge in [0.25, 0.3) is 0 Å². The van der Waals surface area contributed by atoms with Crippen molar-refractivity contribution >= 4 is 11.3 Å². The summed E-state index contributed by atoms with van der Waals surface area (Å²) in [5.41, 5.74) is 2.60. The number of rotatable bonds is 4. The molecule has 0 amide bonds. The molecule has 1 aliphatic rings. The van der Waals surface area contributed by atoms with Gasteiger partial charge in [0.1, 0.15) is 0 Å². The van der Waals surface area contributed by atoms with Gasteiger partial charge in [0.05, 0.1) is 6.10 Å². The van der Waals surface area contributed by atoms with Crippen molar-refractivity contribution in [2.24, 2.45) is 0 Å². The second kappa shape index (κ2) is 6.53. The summed E-state index contributed by atoms with van der Waals surface area (Å²) < 4.78 is 0. The zero-order chi connectivity index (χ0) is 13.8. The van der Waals surface area contributed by atoms with Crippen LogP contribution in [0.25, 0.3) is 11.1 Å². The number of nitrogens with one attached hydrogen (secondary N) is 1. The molecule has 1 saturated carbocycles. The molecule has 0 atom stereocenters. The van der Waals surface area contributed by atoms with Crippen LogP contribution in [0.4, 0.5) is 0 Å². The molecular formula is C17H21NOS. The monoisotopic (exact) mass is 287 g/mol. The Morgan fingerprint density at radius 3 is 2.55 bits per heavy atom. The normalized spacial score (nSPS) is 22.9. The van der Waals surface area contributed by atoms with Gasteiger partial charge >= 0.3 is 0 Å². The fraction of sp³-hybridized carbons (Fsp3) is 0.412. The van der Waals surface area contributed by atoms with Crippen molar-refractivity contribution in [2.45, 2.75) is 44.4 Å². The topological polar surface area (TPSA) is 32.3 Å². The Bertz CT molecular complexity index is 529. The predicted octanol–water partition coefficient (Wildman–Crippen LogP) is 3.81. The molecule has 1 aromatic carbocycles. The Kier molecular flexibility index (Phi) is 4.51. The lowest BCUT2D eigenvalue weighted by Gasteiger charge is -2.26. The van der Waals surface area contributed by atoms with Crippen LogP contribution >= 0.6 is 11.3 Å². The highest BCUT2D eigenvalue weighted by molar-refractivity contribution is 7.10. The molecule has 106 valence electrons. The zero-order valence-electron chi connectivity index (χ0n) is 11.6. The van der Waals surface area contributed by atoms with Gasteiger partial charge in [-0.1, -0.05) is 30.3 Å². The molecule has 1 aromatic heterocycles. The molecule has 1 heterocycles. The van der Waals surface area contributed by atoms with Gasteiger partial charge in [0.15, 0.2) is 0 Å². The highest BCUT2D eigenvalue weighted by Crippen LogP contribution is 2.26. The van der Waals surface area contributed by atoms with Crippen molar-refractivity contribution in [3.8, 4) is 11.1 Å². The van der Waals surface area contributed by atoms with Gasteiger partial charge in [-0.05, 0) is 48.3 Å². The van der Waals surface area contributed by atoms with Crippen LogP contribution in [0, 0.1) is 0 Å². The van der Waals surface area contributed by atoms with Crippen molar-refractivity contribution < 1.29 is 5.11 Å². The third-order valence-corrected chi connectivity index (χ3v) is 4.96. The lowest BCUT2D eigenvalue weighted by Crippen LogP contribution is -2.33. The minimum atomic E-state index is -0.0699. The minimum absolute atomic E-state index is 0.0699. The smallest absolute Gasteiger partial charge is 0.0541 e. The maximum absolute atomic E-state index is 9.52. The van der Waals surface area contributed by atoms with Crippen LogP contribution in [0.5, 0.6) is 0 Å². The van der Waals surface area contributed by atoms with Crippen molar-refractivity contribution in [1.82, 2.24) is 5.32 Å². The van der Waals surface area contributed by atoms with Crippen molar-refractivity contribution in [3.63, 3.8) is 0 Å². The SMILES string of the molecule is OC1CCC(NCc2cc(-c3ccccc3)cs2)CC1. The van der Waals surface area contributed by atoms with E-state index in [2.05, 4.69) is 47.1 Å². The fourth-order valence-electron chi connectivity index (χ4n) is 2.78. The first-order valence-electron chi connectivity index (χ1n) is 7.35. The molecule has 0 radical (unpaired) electrons. The third kappa shape index (κ3) is 3.48. The van der Waals surface area contributed by atoms with Crippen LogP contribution in [0.3, 0.4) is 0 Å². The summed E-state index contributed by atoms with van der Waals surface area (Å²) in [6, 6.07) is 13.4. The lowest BCUT2D eigenvalue weighted by molar-refractivity contribution is 0.116. The van der Waals surface area contributed by atoms with Crippen LogP contribution in [0.15, 0.2) is 41.8 Å². The summed E-state index contributed by atoms with van der Waals surface area (Å²) in [5, 5.41) is 15.4. The lowest BCUT2D eigenvalue weighted by atomic mass is 9.93. The molecule has 2 aromatic rings. The highest BCUT2D eigenvalue weighted by atomic mass is 32.1. The van der Waals surface area contributed by atoms with E-state index in [1.807, 2.05) is 11.3 Å². The summed E-state index contributed by atoms with van der Waals surface area (Å²) in [4.78, 5) is 1.38. The molecule has 3 heteroatoms. The Morgan fingerprint density at radius 2 is 1.80 bits per heavy atom. The van der Waals surface area contributed by atoms with Gasteiger partial charge < -0.3 is 10.4 Å². The maximum atomic E-state index is 9.52. The number of hydrogen-bond donors (Lipinski definition) is 2.